The lowest BCUT2D eigenvalue weighted by molar-refractivity contribution is 0.308. The van der Waals surface area contributed by atoms with Gasteiger partial charge in [0.2, 0.25) is 0 Å². The van der Waals surface area contributed by atoms with Gasteiger partial charge in [0.15, 0.2) is 0 Å². The summed E-state index contributed by atoms with van der Waals surface area (Å²) in [7, 11) is 0. The predicted octanol–water partition coefficient (Wildman–Crippen LogP) is 2.40. The first-order valence-corrected chi connectivity index (χ1v) is 7.68. The molecule has 3 aromatic heterocycles. The maximum atomic E-state index is 11.5. The Morgan fingerprint density at radius 3 is 2.65 bits per heavy atom. The molecule has 0 aliphatic rings. The fourth-order valence-corrected chi connectivity index (χ4v) is 3.28. The number of nitrogens with one attached hydrogen (secondary N) is 1. The van der Waals surface area contributed by atoms with Crippen LogP contribution in [0.3, 0.4) is 0 Å². The summed E-state index contributed by atoms with van der Waals surface area (Å²) >= 11 is 1.65. The van der Waals surface area contributed by atoms with E-state index in [1.807, 2.05) is 30.3 Å². The monoisotopic (exact) mass is 325 g/mol. The van der Waals surface area contributed by atoms with Gasteiger partial charge >= 0.3 is 5.69 Å². The number of rotatable bonds is 4. The van der Waals surface area contributed by atoms with Crippen molar-refractivity contribution in [3.8, 4) is 21.7 Å². The number of nitrogens with zero attached hydrogens (tertiary/aromatic N) is 4. The molecule has 0 aliphatic heterocycles. The quantitative estimate of drug-likeness (QED) is 0.622. The van der Waals surface area contributed by atoms with E-state index in [1.165, 1.54) is 10.9 Å². The van der Waals surface area contributed by atoms with Crippen molar-refractivity contribution >= 4 is 11.3 Å². The van der Waals surface area contributed by atoms with E-state index in [0.717, 1.165) is 20.9 Å². The zero-order valence-corrected chi connectivity index (χ0v) is 12.7. The molecule has 23 heavy (non-hydrogen) atoms. The van der Waals surface area contributed by atoms with Crippen LogP contribution in [0.4, 0.5) is 0 Å². The molecule has 0 fully saturated rings. The molecule has 3 heterocycles. The number of benzene rings is 1. The zero-order chi connectivity index (χ0) is 15.6. The van der Waals surface area contributed by atoms with Crippen LogP contribution in [-0.2, 0) is 6.54 Å². The predicted molar refractivity (Wildman–Crippen MR) is 85.0 cm³/mol. The fraction of sp³-hybridized carbons (Fsp3) is 0.0667. The molecule has 0 bridgehead atoms. The molecule has 1 aromatic carbocycles. The minimum atomic E-state index is -0.203. The lowest BCUT2D eigenvalue weighted by Crippen LogP contribution is -2.16. The highest BCUT2D eigenvalue weighted by atomic mass is 32.1. The summed E-state index contributed by atoms with van der Waals surface area (Å²) in [4.78, 5) is 13.7. The molecule has 114 valence electrons. The van der Waals surface area contributed by atoms with Gasteiger partial charge < -0.3 is 0 Å². The van der Waals surface area contributed by atoms with Gasteiger partial charge in [-0.1, -0.05) is 29.4 Å². The first-order valence-electron chi connectivity index (χ1n) is 6.86. The van der Waals surface area contributed by atoms with E-state index in [9.17, 15) is 4.79 Å². The molecule has 0 amide bonds. The van der Waals surface area contributed by atoms with E-state index >= 15 is 0 Å². The Balaban J connectivity index is 1.57. The molecule has 7 nitrogen and oxygen atoms in total. The third-order valence-electron chi connectivity index (χ3n) is 3.43. The van der Waals surface area contributed by atoms with E-state index in [-0.39, 0.29) is 5.69 Å². The standard InChI is InChI=1S/C15H11N5O2S/c21-15-18-16-9-20(15)8-12-5-6-14(23-12)11-3-1-10(2-4-11)13-7-17-22-19-13/h1-7,9H,8H2,(H,18,21). The zero-order valence-electron chi connectivity index (χ0n) is 11.8. The van der Waals surface area contributed by atoms with E-state index in [0.29, 0.717) is 12.2 Å². The van der Waals surface area contributed by atoms with Crippen LogP contribution in [-0.4, -0.2) is 25.1 Å². The van der Waals surface area contributed by atoms with Crippen LogP contribution in [0.15, 0.2) is 58.3 Å². The number of H-pyrrole nitrogens is 1. The molecular weight excluding hydrogens is 314 g/mol. The molecular formula is C15H11N5O2S. The van der Waals surface area contributed by atoms with Crippen LogP contribution in [0.2, 0.25) is 0 Å². The Morgan fingerprint density at radius 1 is 1.13 bits per heavy atom. The van der Waals surface area contributed by atoms with Gasteiger partial charge in [0.05, 0.1) is 12.7 Å². The van der Waals surface area contributed by atoms with Crippen molar-refractivity contribution in [1.29, 1.82) is 0 Å². The minimum absolute atomic E-state index is 0.203. The van der Waals surface area contributed by atoms with Crippen molar-refractivity contribution in [2.75, 3.05) is 0 Å². The SMILES string of the molecule is O=c1[nH]ncn1Cc1ccc(-c2ccc(-c3cnon3)cc2)s1. The molecule has 1 N–H and O–H groups in total. The van der Waals surface area contributed by atoms with Gasteiger partial charge in [-0.15, -0.1) is 11.3 Å². The average Bonchev–Trinajstić information content (AvgIpc) is 3.31. The van der Waals surface area contributed by atoms with Crippen molar-refractivity contribution < 1.29 is 4.63 Å². The lowest BCUT2D eigenvalue weighted by Gasteiger charge is -1.99. The second kappa shape index (κ2) is 5.65. The van der Waals surface area contributed by atoms with Crippen LogP contribution in [0, 0.1) is 0 Å². The summed E-state index contributed by atoms with van der Waals surface area (Å²) < 4.78 is 6.15. The molecule has 4 rings (SSSR count). The van der Waals surface area contributed by atoms with Gasteiger partial charge in [-0.2, -0.15) is 5.10 Å². The third kappa shape index (κ3) is 2.71. The summed E-state index contributed by atoms with van der Waals surface area (Å²) in [6, 6.07) is 12.1. The van der Waals surface area contributed by atoms with Gasteiger partial charge in [0.25, 0.3) is 0 Å². The van der Waals surface area contributed by atoms with E-state index in [4.69, 9.17) is 0 Å². The Bertz CT molecular complexity index is 966. The second-order valence-corrected chi connectivity index (χ2v) is 6.09. The summed E-state index contributed by atoms with van der Waals surface area (Å²) in [6.07, 6.45) is 3.09. The Labute approximate surface area is 134 Å². The van der Waals surface area contributed by atoms with Crippen molar-refractivity contribution in [3.05, 3.63) is 64.3 Å². The van der Waals surface area contributed by atoms with Crippen molar-refractivity contribution in [2.45, 2.75) is 6.54 Å². The summed E-state index contributed by atoms with van der Waals surface area (Å²) in [5.41, 5.74) is 2.57. The smallest absolute Gasteiger partial charge is 0.276 e. The highest BCUT2D eigenvalue weighted by Crippen LogP contribution is 2.30. The number of hydrogen-bond acceptors (Lipinski definition) is 6. The minimum Gasteiger partial charge on any atom is -0.276 e. The van der Waals surface area contributed by atoms with Gasteiger partial charge in [-0.05, 0) is 22.9 Å². The molecule has 0 radical (unpaired) electrons. The Kier molecular flexibility index (Phi) is 3.35. The topological polar surface area (TPSA) is 89.6 Å². The molecule has 0 saturated carbocycles. The van der Waals surface area contributed by atoms with E-state index in [2.05, 4.69) is 31.2 Å². The first-order chi connectivity index (χ1) is 11.3. The average molecular weight is 325 g/mol. The maximum absolute atomic E-state index is 11.5. The summed E-state index contributed by atoms with van der Waals surface area (Å²) in [5.74, 6) is 0. The first kappa shape index (κ1) is 13.6. The number of hydrogen-bond donors (Lipinski definition) is 1. The van der Waals surface area contributed by atoms with Crippen LogP contribution in [0.1, 0.15) is 4.88 Å². The molecule has 0 spiro atoms. The number of aromatic nitrogens is 5. The van der Waals surface area contributed by atoms with Gasteiger partial charge in [0.1, 0.15) is 12.0 Å². The second-order valence-electron chi connectivity index (χ2n) is 4.93. The van der Waals surface area contributed by atoms with Gasteiger partial charge in [0, 0.05) is 15.3 Å². The summed E-state index contributed by atoms with van der Waals surface area (Å²) in [5, 5.41) is 13.5. The van der Waals surface area contributed by atoms with Crippen LogP contribution < -0.4 is 5.69 Å². The van der Waals surface area contributed by atoms with Crippen molar-refractivity contribution in [1.82, 2.24) is 25.1 Å². The molecule has 8 heteroatoms. The molecule has 0 saturated heterocycles. The lowest BCUT2D eigenvalue weighted by atomic mass is 10.1. The number of thiophene rings is 1. The van der Waals surface area contributed by atoms with Gasteiger partial charge in [-0.25, -0.2) is 14.5 Å². The highest BCUT2D eigenvalue weighted by molar-refractivity contribution is 7.15. The van der Waals surface area contributed by atoms with E-state index in [1.54, 1.807) is 17.5 Å². The van der Waals surface area contributed by atoms with Crippen LogP contribution >= 0.6 is 11.3 Å². The largest absolute Gasteiger partial charge is 0.343 e. The van der Waals surface area contributed by atoms with Crippen LogP contribution in [0.5, 0.6) is 0 Å². The molecule has 0 aliphatic carbocycles. The molecule has 0 unspecified atom stereocenters. The maximum Gasteiger partial charge on any atom is 0.343 e. The van der Waals surface area contributed by atoms with Crippen LogP contribution in [0.25, 0.3) is 21.7 Å². The highest BCUT2D eigenvalue weighted by Gasteiger charge is 2.07. The fourth-order valence-electron chi connectivity index (χ4n) is 2.27. The van der Waals surface area contributed by atoms with Crippen molar-refractivity contribution in [3.63, 3.8) is 0 Å². The summed E-state index contributed by atoms with van der Waals surface area (Å²) in [6.45, 7) is 0.517. The Hall–Kier alpha value is -3.00. The molecule has 4 aromatic rings. The molecule has 0 atom stereocenters. The normalized spacial score (nSPS) is 11.0. The van der Waals surface area contributed by atoms with Gasteiger partial charge in [-0.3, -0.25) is 4.57 Å². The third-order valence-corrected chi connectivity index (χ3v) is 4.55. The van der Waals surface area contributed by atoms with E-state index < -0.39 is 0 Å². The van der Waals surface area contributed by atoms with Crippen molar-refractivity contribution in [2.24, 2.45) is 0 Å². The number of aromatic amines is 1. The Morgan fingerprint density at radius 2 is 1.96 bits per heavy atom.